The molecular formula is C16H15N3O7S. The molecule has 0 bridgehead atoms. The predicted octanol–water partition coefficient (Wildman–Crippen LogP) is 3.56. The molecule has 0 saturated carbocycles. The molecule has 0 spiro atoms. The topological polar surface area (TPSA) is 142 Å². The van der Waals surface area contributed by atoms with E-state index in [-0.39, 0.29) is 22.7 Å². The molecule has 10 nitrogen and oxygen atoms in total. The molecule has 1 amide bonds. The second-order valence-corrected chi connectivity index (χ2v) is 6.37. The number of aryl methyl sites for hydroxylation is 1. The highest BCUT2D eigenvalue weighted by Gasteiger charge is 2.23. The van der Waals surface area contributed by atoms with Gasteiger partial charge in [0.2, 0.25) is 0 Å². The Labute approximate surface area is 157 Å². The SMILES string of the molecule is CCOC(=O)c1cc(CC)sc1NC(=O)c1cc([N+](=O)[O-])cc([N+](=O)[O-])c1. The van der Waals surface area contributed by atoms with Gasteiger partial charge in [-0.15, -0.1) is 11.3 Å². The molecule has 142 valence electrons. The molecule has 0 saturated heterocycles. The minimum Gasteiger partial charge on any atom is -0.462 e. The van der Waals surface area contributed by atoms with E-state index in [0.717, 1.165) is 34.4 Å². The third kappa shape index (κ3) is 4.64. The van der Waals surface area contributed by atoms with Gasteiger partial charge < -0.3 is 10.1 Å². The van der Waals surface area contributed by atoms with Gasteiger partial charge in [-0.2, -0.15) is 0 Å². The minimum atomic E-state index is -0.825. The van der Waals surface area contributed by atoms with Crippen molar-refractivity contribution in [1.82, 2.24) is 0 Å². The molecule has 0 aliphatic carbocycles. The number of carbonyl (C=O) groups is 2. The Morgan fingerprint density at radius 3 is 2.15 bits per heavy atom. The summed E-state index contributed by atoms with van der Waals surface area (Å²) in [4.78, 5) is 45.6. The number of benzene rings is 1. The van der Waals surface area contributed by atoms with E-state index >= 15 is 0 Å². The maximum atomic E-state index is 12.5. The number of nitrogens with one attached hydrogen (secondary N) is 1. The van der Waals surface area contributed by atoms with Crippen molar-refractivity contribution in [1.29, 1.82) is 0 Å². The number of ether oxygens (including phenoxy) is 1. The maximum Gasteiger partial charge on any atom is 0.341 e. The smallest absolute Gasteiger partial charge is 0.341 e. The highest BCUT2D eigenvalue weighted by Crippen LogP contribution is 2.30. The molecule has 1 heterocycles. The number of anilines is 1. The molecule has 2 rings (SSSR count). The Bertz CT molecular complexity index is 890. The summed E-state index contributed by atoms with van der Waals surface area (Å²) in [7, 11) is 0. The van der Waals surface area contributed by atoms with Crippen molar-refractivity contribution in [3.8, 4) is 0 Å². The lowest BCUT2D eigenvalue weighted by Gasteiger charge is -2.06. The number of hydrogen-bond donors (Lipinski definition) is 1. The van der Waals surface area contributed by atoms with Crippen molar-refractivity contribution >= 4 is 39.6 Å². The van der Waals surface area contributed by atoms with Crippen LogP contribution >= 0.6 is 11.3 Å². The number of hydrogen-bond acceptors (Lipinski definition) is 8. The van der Waals surface area contributed by atoms with E-state index in [9.17, 15) is 29.8 Å². The van der Waals surface area contributed by atoms with Gasteiger partial charge in [0.05, 0.1) is 33.6 Å². The van der Waals surface area contributed by atoms with Crippen LogP contribution in [0.2, 0.25) is 0 Å². The summed E-state index contributed by atoms with van der Waals surface area (Å²) < 4.78 is 4.95. The Kier molecular flexibility index (Phi) is 6.19. The molecule has 1 aromatic heterocycles. The zero-order valence-corrected chi connectivity index (χ0v) is 15.2. The molecule has 0 fully saturated rings. The lowest BCUT2D eigenvalue weighted by atomic mass is 10.1. The van der Waals surface area contributed by atoms with Crippen LogP contribution in [0.3, 0.4) is 0 Å². The third-order valence-electron chi connectivity index (χ3n) is 3.44. The average molecular weight is 393 g/mol. The van der Waals surface area contributed by atoms with Gasteiger partial charge in [0, 0.05) is 17.0 Å². The number of rotatable bonds is 7. The zero-order chi connectivity index (χ0) is 20.1. The van der Waals surface area contributed by atoms with E-state index in [0.29, 0.717) is 6.42 Å². The fourth-order valence-corrected chi connectivity index (χ4v) is 3.16. The molecule has 0 radical (unpaired) electrons. The summed E-state index contributed by atoms with van der Waals surface area (Å²) in [6.45, 7) is 3.67. The largest absolute Gasteiger partial charge is 0.462 e. The summed E-state index contributed by atoms with van der Waals surface area (Å²) in [5.74, 6) is -1.43. The number of amides is 1. The van der Waals surface area contributed by atoms with Gasteiger partial charge in [-0.25, -0.2) is 4.79 Å². The normalized spacial score (nSPS) is 10.3. The van der Waals surface area contributed by atoms with Crippen molar-refractivity contribution in [3.05, 3.63) is 60.5 Å². The third-order valence-corrected chi connectivity index (χ3v) is 4.64. The number of esters is 1. The van der Waals surface area contributed by atoms with E-state index < -0.39 is 33.1 Å². The van der Waals surface area contributed by atoms with Gasteiger partial charge in [-0.3, -0.25) is 25.0 Å². The quantitative estimate of drug-likeness (QED) is 0.430. The van der Waals surface area contributed by atoms with E-state index in [1.165, 1.54) is 0 Å². The van der Waals surface area contributed by atoms with E-state index in [1.54, 1.807) is 13.0 Å². The van der Waals surface area contributed by atoms with Crippen LogP contribution in [0.15, 0.2) is 24.3 Å². The Morgan fingerprint density at radius 1 is 1.07 bits per heavy atom. The molecule has 27 heavy (non-hydrogen) atoms. The molecule has 1 N–H and O–H groups in total. The first kappa shape index (κ1) is 20.0. The van der Waals surface area contributed by atoms with Gasteiger partial charge >= 0.3 is 5.97 Å². The van der Waals surface area contributed by atoms with Crippen LogP contribution in [-0.2, 0) is 11.2 Å². The lowest BCUT2D eigenvalue weighted by Crippen LogP contribution is -2.14. The van der Waals surface area contributed by atoms with Crippen molar-refractivity contribution in [2.24, 2.45) is 0 Å². The summed E-state index contributed by atoms with van der Waals surface area (Å²) in [6.07, 6.45) is 0.620. The molecule has 0 aliphatic rings. The van der Waals surface area contributed by atoms with Gasteiger partial charge in [0.25, 0.3) is 17.3 Å². The molecule has 1 aromatic carbocycles. The first-order valence-corrected chi connectivity index (χ1v) is 8.63. The van der Waals surface area contributed by atoms with Crippen molar-refractivity contribution in [2.45, 2.75) is 20.3 Å². The van der Waals surface area contributed by atoms with Crippen molar-refractivity contribution < 1.29 is 24.2 Å². The van der Waals surface area contributed by atoms with Crippen molar-refractivity contribution in [2.75, 3.05) is 11.9 Å². The van der Waals surface area contributed by atoms with Crippen LogP contribution in [-0.4, -0.2) is 28.3 Å². The van der Waals surface area contributed by atoms with Gasteiger partial charge in [-0.05, 0) is 19.4 Å². The first-order valence-electron chi connectivity index (χ1n) is 7.81. The Balaban J connectivity index is 2.40. The second kappa shape index (κ2) is 8.36. The zero-order valence-electron chi connectivity index (χ0n) is 14.4. The Hall–Kier alpha value is -3.34. The monoisotopic (exact) mass is 393 g/mol. The number of nitro groups is 2. The number of nitro benzene ring substituents is 2. The highest BCUT2D eigenvalue weighted by atomic mass is 32.1. The van der Waals surface area contributed by atoms with Crippen LogP contribution in [0.5, 0.6) is 0 Å². The summed E-state index contributed by atoms with van der Waals surface area (Å²) in [5.41, 5.74) is -1.27. The maximum absolute atomic E-state index is 12.5. The molecular weight excluding hydrogens is 378 g/mol. The van der Waals surface area contributed by atoms with Crippen molar-refractivity contribution in [3.63, 3.8) is 0 Å². The molecule has 2 aromatic rings. The van der Waals surface area contributed by atoms with Crippen LogP contribution in [0, 0.1) is 20.2 Å². The minimum absolute atomic E-state index is 0.153. The second-order valence-electron chi connectivity index (χ2n) is 5.24. The van der Waals surface area contributed by atoms with Gasteiger partial charge in [-0.1, -0.05) is 6.92 Å². The van der Waals surface area contributed by atoms with Crippen LogP contribution in [0.1, 0.15) is 39.4 Å². The highest BCUT2D eigenvalue weighted by molar-refractivity contribution is 7.16. The number of thiophene rings is 1. The average Bonchev–Trinajstić information content (AvgIpc) is 3.04. The Morgan fingerprint density at radius 2 is 1.67 bits per heavy atom. The lowest BCUT2D eigenvalue weighted by molar-refractivity contribution is -0.394. The number of carbonyl (C=O) groups excluding carboxylic acids is 2. The van der Waals surface area contributed by atoms with Crippen LogP contribution in [0.4, 0.5) is 16.4 Å². The molecule has 0 atom stereocenters. The standard InChI is InChI=1S/C16H15N3O7S/c1-3-12-8-13(16(21)26-4-2)15(27-12)17-14(20)9-5-10(18(22)23)7-11(6-9)19(24)25/h5-8H,3-4H2,1-2H3,(H,17,20). The van der Waals surface area contributed by atoms with Gasteiger partial charge in [0.1, 0.15) is 5.00 Å². The molecule has 0 unspecified atom stereocenters. The number of non-ortho nitro benzene ring substituents is 2. The van der Waals surface area contributed by atoms with E-state index in [1.807, 2.05) is 6.92 Å². The van der Waals surface area contributed by atoms with E-state index in [4.69, 9.17) is 4.74 Å². The molecule has 0 aliphatic heterocycles. The van der Waals surface area contributed by atoms with Crippen LogP contribution in [0.25, 0.3) is 0 Å². The fourth-order valence-electron chi connectivity index (χ4n) is 2.18. The van der Waals surface area contributed by atoms with Gasteiger partial charge in [0.15, 0.2) is 0 Å². The van der Waals surface area contributed by atoms with Crippen LogP contribution < -0.4 is 5.32 Å². The summed E-state index contributed by atoms with van der Waals surface area (Å²) >= 11 is 1.16. The molecule has 11 heteroatoms. The summed E-state index contributed by atoms with van der Waals surface area (Å²) in [6, 6.07) is 4.22. The first-order chi connectivity index (χ1) is 12.8. The number of nitrogens with zero attached hydrogens (tertiary/aromatic N) is 2. The van der Waals surface area contributed by atoms with E-state index in [2.05, 4.69) is 5.32 Å². The predicted molar refractivity (Wildman–Crippen MR) is 97.4 cm³/mol. The fraction of sp³-hybridized carbons (Fsp3) is 0.250. The summed E-state index contributed by atoms with van der Waals surface area (Å²) in [5, 5.41) is 24.6.